The molecule has 0 heterocycles. The fourth-order valence-corrected chi connectivity index (χ4v) is 5.02. The summed E-state index contributed by atoms with van der Waals surface area (Å²) in [7, 11) is 1.92. The lowest BCUT2D eigenvalue weighted by Gasteiger charge is -2.17. The van der Waals surface area contributed by atoms with Crippen LogP contribution in [0.4, 0.5) is 0 Å². The van der Waals surface area contributed by atoms with E-state index in [0.717, 1.165) is 19.4 Å². The minimum Gasteiger partial charge on any atom is -0.498 e. The second kappa shape index (κ2) is 94.4. The van der Waals surface area contributed by atoms with Gasteiger partial charge in [-0.1, -0.05) is 129 Å². The average Bonchev–Trinajstić information content (AvgIpc) is 3.40. The second-order valence-corrected chi connectivity index (χ2v) is 13.4. The summed E-state index contributed by atoms with van der Waals surface area (Å²) < 4.78 is 37.2. The number of nitrogens with zero attached hydrogens (tertiary/aromatic N) is 1. The van der Waals surface area contributed by atoms with Crippen LogP contribution in [0.25, 0.3) is 0 Å². The Kier molecular flexibility index (Phi) is 109. The third kappa shape index (κ3) is 95.1. The molecule has 0 aliphatic rings. The zero-order valence-electron chi connectivity index (χ0n) is 44.2. The Balaban J connectivity index is -0.000000590. The van der Waals surface area contributed by atoms with Crippen LogP contribution in [-0.4, -0.2) is 98.5 Å². The monoisotopic (exact) mass is 997 g/mol. The molecular formula is C52H104N2O15. The lowest BCUT2D eigenvalue weighted by molar-refractivity contribution is -0.622. The first-order chi connectivity index (χ1) is 34.3. The maximum absolute atomic E-state index is 5.44. The molecule has 1 N–H and O–H groups in total. The SMILES string of the molecule is C=C.C=C.C=C.C=C.C=C.C=C.CCCCCCCCCCCCO/C=C/OOOOCCOCOCNCCN(C)COCOCOCCOOOO/C=C/OCCCCCCCCCCCC. The summed E-state index contributed by atoms with van der Waals surface area (Å²) in [4.78, 5) is 20.8. The van der Waals surface area contributed by atoms with E-state index >= 15 is 0 Å². The van der Waals surface area contributed by atoms with Gasteiger partial charge in [-0.25, -0.2) is 9.78 Å². The largest absolute Gasteiger partial charge is 0.498 e. The molecule has 0 rings (SSSR count). The highest BCUT2D eigenvalue weighted by Gasteiger charge is 2.00. The molecule has 0 unspecified atom stereocenters. The van der Waals surface area contributed by atoms with Crippen LogP contribution in [0.2, 0.25) is 0 Å². The molecule has 69 heavy (non-hydrogen) atoms. The Hall–Kier alpha value is -3.40. The van der Waals surface area contributed by atoms with Crippen LogP contribution in [0, 0.1) is 0 Å². The topological polar surface area (TPSA) is 154 Å². The van der Waals surface area contributed by atoms with Crippen molar-refractivity contribution in [3.8, 4) is 0 Å². The molecule has 17 nitrogen and oxygen atoms in total. The highest BCUT2D eigenvalue weighted by atomic mass is 17.7. The molecule has 0 fully saturated rings. The van der Waals surface area contributed by atoms with Crippen LogP contribution in [-0.2, 0) is 72.9 Å². The zero-order chi connectivity index (χ0) is 53.1. The van der Waals surface area contributed by atoms with Crippen LogP contribution in [0.3, 0.4) is 0 Å². The number of nitrogens with one attached hydrogen (secondary N) is 1. The minimum atomic E-state index is 0.0405. The summed E-state index contributed by atoms with van der Waals surface area (Å²) in [5.41, 5.74) is 0. The Morgan fingerprint density at radius 2 is 0.739 bits per heavy atom. The van der Waals surface area contributed by atoms with Gasteiger partial charge in [-0.2, -0.15) is 0 Å². The van der Waals surface area contributed by atoms with Crippen molar-refractivity contribution in [2.24, 2.45) is 0 Å². The number of rotatable bonds is 51. The zero-order valence-corrected chi connectivity index (χ0v) is 44.2. The van der Waals surface area contributed by atoms with Crippen molar-refractivity contribution in [1.29, 1.82) is 0 Å². The van der Waals surface area contributed by atoms with Crippen molar-refractivity contribution in [2.45, 2.75) is 142 Å². The molecule has 0 aromatic rings. The first kappa shape index (κ1) is 79.7. The minimum absolute atomic E-state index is 0.0405. The lowest BCUT2D eigenvalue weighted by Crippen LogP contribution is -2.32. The van der Waals surface area contributed by atoms with Crippen LogP contribution in [0.15, 0.2) is 104 Å². The predicted octanol–water partition coefficient (Wildman–Crippen LogP) is 13.6. The van der Waals surface area contributed by atoms with Crippen LogP contribution in [0.1, 0.15) is 142 Å². The van der Waals surface area contributed by atoms with Gasteiger partial charge in [0.15, 0.2) is 19.3 Å². The number of hydrogen-bond acceptors (Lipinski definition) is 17. The standard InChI is InChI=1S/C40H80N2O15.6C2H4/c1-4-6-8-10-12-14-16-18-20-22-26-43-28-32-50-54-56-52-34-30-45-38-47-36-41-24-25-42(3)37-48-40-49-39-46-31-35-53-57-55-51-33-29-44-27-23-21-19-17-15-13-11-9-7-5-2;6*1-2/h28-29,32-33,41H,4-27,30-31,34-40H2,1-3H3;6*1-2H2/b32-28+,33-29+;;;;;;. The van der Waals surface area contributed by atoms with E-state index in [1.54, 1.807) is 0 Å². The highest BCUT2D eigenvalue weighted by molar-refractivity contribution is 4.59. The van der Waals surface area contributed by atoms with Gasteiger partial charge in [-0.3, -0.25) is 10.2 Å². The van der Waals surface area contributed by atoms with E-state index in [0.29, 0.717) is 33.2 Å². The highest BCUT2D eigenvalue weighted by Crippen LogP contribution is 2.11. The van der Waals surface area contributed by atoms with Gasteiger partial charge in [0.2, 0.25) is 0 Å². The van der Waals surface area contributed by atoms with Gasteiger partial charge < -0.3 is 42.9 Å². The van der Waals surface area contributed by atoms with Gasteiger partial charge in [-0.05, 0) is 30.0 Å². The average molecular weight is 997 g/mol. The Morgan fingerprint density at radius 3 is 1.14 bits per heavy atom. The Morgan fingerprint density at radius 1 is 0.377 bits per heavy atom. The van der Waals surface area contributed by atoms with Gasteiger partial charge >= 0.3 is 0 Å². The maximum Gasteiger partial charge on any atom is 0.167 e. The third-order valence-corrected chi connectivity index (χ3v) is 8.18. The molecule has 0 atom stereocenters. The Bertz CT molecular complexity index is 869. The fraction of sp³-hybridized carbons (Fsp3) is 0.692. The number of ether oxygens (including phenoxy) is 7. The smallest absolute Gasteiger partial charge is 0.167 e. The molecule has 0 aromatic heterocycles. The molecule has 0 bridgehead atoms. The van der Waals surface area contributed by atoms with Crippen LogP contribution < -0.4 is 5.32 Å². The maximum atomic E-state index is 5.44. The number of hydrogen-bond donors (Lipinski definition) is 1. The summed E-state index contributed by atoms with van der Waals surface area (Å²) in [6, 6.07) is 0. The fourth-order valence-electron chi connectivity index (χ4n) is 5.02. The van der Waals surface area contributed by atoms with Gasteiger partial charge in [0.1, 0.15) is 46.1 Å². The molecule has 0 spiro atoms. The van der Waals surface area contributed by atoms with E-state index in [4.69, 9.17) is 42.9 Å². The molecule has 17 heteroatoms. The molecule has 412 valence electrons. The Labute approximate surface area is 421 Å². The van der Waals surface area contributed by atoms with Crippen molar-refractivity contribution in [1.82, 2.24) is 10.2 Å². The second-order valence-electron chi connectivity index (χ2n) is 13.4. The molecule has 0 aliphatic carbocycles. The van der Waals surface area contributed by atoms with E-state index in [2.05, 4.69) is 128 Å². The summed E-state index contributed by atoms with van der Waals surface area (Å²) >= 11 is 0. The van der Waals surface area contributed by atoms with Crippen LogP contribution >= 0.6 is 0 Å². The van der Waals surface area contributed by atoms with E-state index in [1.807, 2.05) is 11.9 Å². The van der Waals surface area contributed by atoms with E-state index in [1.165, 1.54) is 141 Å². The normalized spacial score (nSPS) is 10.1. The number of unbranched alkanes of at least 4 members (excludes halogenated alkanes) is 18. The molecule has 0 saturated heterocycles. The molecular weight excluding hydrogens is 893 g/mol. The summed E-state index contributed by atoms with van der Waals surface area (Å²) in [6.07, 6.45) is 31.0. The van der Waals surface area contributed by atoms with E-state index < -0.39 is 0 Å². The van der Waals surface area contributed by atoms with Crippen molar-refractivity contribution in [3.63, 3.8) is 0 Å². The molecule has 0 radical (unpaired) electrons. The summed E-state index contributed by atoms with van der Waals surface area (Å²) in [6.45, 7) is 44.8. The van der Waals surface area contributed by atoms with Gasteiger partial charge in [0.25, 0.3) is 0 Å². The van der Waals surface area contributed by atoms with Crippen molar-refractivity contribution >= 4 is 0 Å². The van der Waals surface area contributed by atoms with Crippen LogP contribution in [0.5, 0.6) is 0 Å². The van der Waals surface area contributed by atoms with Gasteiger partial charge in [-0.15, -0.1) is 78.9 Å². The van der Waals surface area contributed by atoms with E-state index in [-0.39, 0.29) is 46.8 Å². The van der Waals surface area contributed by atoms with Crippen molar-refractivity contribution < 1.29 is 72.9 Å². The molecule has 0 amide bonds. The quantitative estimate of drug-likeness (QED) is 0.0153. The van der Waals surface area contributed by atoms with Crippen molar-refractivity contribution in [3.05, 3.63) is 104 Å². The predicted molar refractivity (Wildman–Crippen MR) is 280 cm³/mol. The number of likely N-dealkylation sites (N-methyl/N-ethyl adjacent to an activating group) is 1. The summed E-state index contributed by atoms with van der Waals surface area (Å²) in [5.74, 6) is 0. The van der Waals surface area contributed by atoms with Gasteiger partial charge in [0, 0.05) is 23.2 Å². The van der Waals surface area contributed by atoms with Gasteiger partial charge in [0.05, 0.1) is 33.2 Å². The lowest BCUT2D eigenvalue weighted by atomic mass is 10.1. The molecule has 0 saturated carbocycles. The molecule has 0 aliphatic heterocycles. The third-order valence-electron chi connectivity index (χ3n) is 8.18. The first-order valence-electron chi connectivity index (χ1n) is 24.4. The van der Waals surface area contributed by atoms with Crippen molar-refractivity contribution in [2.75, 3.05) is 93.6 Å². The summed E-state index contributed by atoms with van der Waals surface area (Å²) in [5, 5.41) is 20.8. The van der Waals surface area contributed by atoms with E-state index in [9.17, 15) is 0 Å². The molecule has 0 aromatic carbocycles. The first-order valence-corrected chi connectivity index (χ1v) is 24.4.